The Morgan fingerprint density at radius 3 is 0.767 bits per heavy atom. The number of hydrogen-bond donors (Lipinski definition) is 2. The summed E-state index contributed by atoms with van der Waals surface area (Å²) in [5.41, 5.74) is 9.79. The Morgan fingerprint density at radius 2 is 0.533 bits per heavy atom. The van der Waals surface area contributed by atoms with Crippen LogP contribution in [0.2, 0.25) is 0 Å². The SMILES string of the molecule is COc1ccc(C2=NN(c3ccc(OC)cc3)N(c3ccc(OC)cc3)[NH2+]2)cc1.COc1ccc(C2=NN(c3ccc(OC)cc3)N(c3ccc(OC)cc3)[NH2+]2)cc1.[Cl-].[Cl-]. The van der Waals surface area contributed by atoms with E-state index in [0.717, 1.165) is 80.0 Å². The van der Waals surface area contributed by atoms with E-state index in [1.165, 1.54) is 0 Å². The van der Waals surface area contributed by atoms with Gasteiger partial charge in [-0.25, -0.2) is 0 Å². The van der Waals surface area contributed by atoms with E-state index in [1.807, 2.05) is 177 Å². The molecule has 0 aliphatic carbocycles. The molecule has 8 rings (SSSR count). The fraction of sp³-hybridized carbons (Fsp3) is 0.136. The number of hydrazine groups is 2. The Kier molecular flexibility index (Phi) is 15.3. The van der Waals surface area contributed by atoms with Crippen LogP contribution in [-0.2, 0) is 0 Å². The first-order chi connectivity index (χ1) is 28.4. The largest absolute Gasteiger partial charge is 1.00 e. The van der Waals surface area contributed by atoms with Gasteiger partial charge in [-0.3, -0.25) is 0 Å². The Morgan fingerprint density at radius 1 is 0.317 bits per heavy atom. The van der Waals surface area contributed by atoms with Crippen LogP contribution in [-0.4, -0.2) is 54.3 Å². The molecule has 0 bridgehead atoms. The number of methoxy groups -OCH3 is 6. The fourth-order valence-electron chi connectivity index (χ4n) is 6.11. The number of anilines is 4. The summed E-state index contributed by atoms with van der Waals surface area (Å²) < 4.78 is 31.7. The third kappa shape index (κ3) is 10.1. The lowest BCUT2D eigenvalue weighted by molar-refractivity contribution is -0.545. The van der Waals surface area contributed by atoms with Gasteiger partial charge in [0.25, 0.3) is 11.7 Å². The summed E-state index contributed by atoms with van der Waals surface area (Å²) >= 11 is 0. The summed E-state index contributed by atoms with van der Waals surface area (Å²) in [5, 5.41) is 17.4. The van der Waals surface area contributed by atoms with E-state index in [9.17, 15) is 0 Å². The molecule has 14 nitrogen and oxygen atoms in total. The van der Waals surface area contributed by atoms with Crippen LogP contribution in [0.25, 0.3) is 0 Å². The molecular weight excluding hydrogens is 807 g/mol. The van der Waals surface area contributed by atoms with Gasteiger partial charge >= 0.3 is 0 Å². The minimum absolute atomic E-state index is 0. The van der Waals surface area contributed by atoms with Crippen LogP contribution >= 0.6 is 0 Å². The molecule has 0 radical (unpaired) electrons. The molecule has 6 aromatic carbocycles. The van der Waals surface area contributed by atoms with Crippen molar-refractivity contribution in [3.05, 3.63) is 157 Å². The van der Waals surface area contributed by atoms with E-state index in [4.69, 9.17) is 38.6 Å². The first kappa shape index (κ1) is 44.3. The number of amidine groups is 2. The highest BCUT2D eigenvalue weighted by atomic mass is 35.5. The maximum atomic E-state index is 5.28. The molecule has 0 amide bonds. The van der Waals surface area contributed by atoms with Gasteiger partial charge in [-0.15, -0.1) is 20.5 Å². The number of rotatable bonds is 12. The maximum absolute atomic E-state index is 5.28. The summed E-state index contributed by atoms with van der Waals surface area (Å²) in [6.45, 7) is 0. The fourth-order valence-corrected chi connectivity index (χ4v) is 6.11. The molecule has 0 saturated carbocycles. The van der Waals surface area contributed by atoms with Gasteiger partial charge in [0.05, 0.1) is 65.2 Å². The lowest BCUT2D eigenvalue weighted by Crippen LogP contribution is -3.00. The van der Waals surface area contributed by atoms with Crippen LogP contribution in [0.15, 0.2) is 156 Å². The van der Waals surface area contributed by atoms with Crippen molar-refractivity contribution >= 4 is 34.4 Å². The lowest BCUT2D eigenvalue weighted by atomic mass is 10.2. The zero-order valence-electron chi connectivity index (χ0n) is 33.9. The topological polar surface area (TPSA) is 126 Å². The van der Waals surface area contributed by atoms with Gasteiger partial charge in [0, 0.05) is 0 Å². The summed E-state index contributed by atoms with van der Waals surface area (Å²) in [4.78, 5) is 0. The third-order valence-electron chi connectivity index (χ3n) is 9.35. The molecule has 0 saturated heterocycles. The average molecular weight is 854 g/mol. The number of hydrogen-bond acceptors (Lipinski definition) is 12. The molecule has 4 N–H and O–H groups in total. The quantitative estimate of drug-likeness (QED) is 0.157. The summed E-state index contributed by atoms with van der Waals surface area (Å²) in [5.74, 6) is 6.52. The molecule has 2 aliphatic heterocycles. The molecule has 16 heteroatoms. The summed E-state index contributed by atoms with van der Waals surface area (Å²) in [6, 6.07) is 47.0. The Bertz CT molecular complexity index is 2150. The predicted octanol–water partition coefficient (Wildman–Crippen LogP) is -0.404. The molecule has 0 atom stereocenters. The Hall–Kier alpha value is -6.84. The highest BCUT2D eigenvalue weighted by Gasteiger charge is 2.33. The second-order valence-electron chi connectivity index (χ2n) is 12.7. The van der Waals surface area contributed by atoms with Crippen molar-refractivity contribution in [1.82, 2.24) is 0 Å². The van der Waals surface area contributed by atoms with E-state index >= 15 is 0 Å². The average Bonchev–Trinajstić information content (AvgIpc) is 3.96. The zero-order chi connectivity index (χ0) is 40.4. The van der Waals surface area contributed by atoms with Gasteiger partial charge in [-0.05, 0) is 146 Å². The number of benzene rings is 6. The number of halogens is 2. The van der Waals surface area contributed by atoms with Gasteiger partial charge in [0.15, 0.2) is 0 Å². The normalized spacial score (nSPS) is 12.8. The first-order valence-corrected chi connectivity index (χ1v) is 18.3. The highest BCUT2D eigenvalue weighted by molar-refractivity contribution is 5.95. The minimum Gasteiger partial charge on any atom is -1.00 e. The number of nitrogens with two attached hydrogens (primary N) is 2. The minimum atomic E-state index is 0. The van der Waals surface area contributed by atoms with Crippen molar-refractivity contribution in [3.63, 3.8) is 0 Å². The van der Waals surface area contributed by atoms with E-state index in [1.54, 1.807) is 42.7 Å². The van der Waals surface area contributed by atoms with Crippen molar-refractivity contribution in [1.29, 1.82) is 0 Å². The van der Waals surface area contributed by atoms with Crippen molar-refractivity contribution < 1.29 is 64.1 Å². The van der Waals surface area contributed by atoms with Crippen LogP contribution in [0.1, 0.15) is 11.1 Å². The molecular formula is C44H46Cl2N8O6. The van der Waals surface area contributed by atoms with E-state index < -0.39 is 0 Å². The second-order valence-corrected chi connectivity index (χ2v) is 12.7. The van der Waals surface area contributed by atoms with Gasteiger partial charge in [0.2, 0.25) is 0 Å². The number of quaternary nitrogens is 2. The smallest absolute Gasteiger partial charge is 0.277 e. The zero-order valence-corrected chi connectivity index (χ0v) is 35.4. The molecule has 60 heavy (non-hydrogen) atoms. The summed E-state index contributed by atoms with van der Waals surface area (Å²) in [7, 11) is 9.94. The van der Waals surface area contributed by atoms with Crippen molar-refractivity contribution in [2.24, 2.45) is 10.2 Å². The standard InChI is InChI=1S/2C22H22N4O3.2ClH/c2*1-27-19-10-4-16(5-11-19)22-23-25(17-6-12-20(28-2)13-7-17)26(24-22)18-8-14-21(29-3)15-9-18;;/h2*4-15H,1-3H3,(H,23,24);2*1H. The number of nitrogens with zero attached hydrogens (tertiary/aromatic N) is 6. The molecule has 0 fully saturated rings. The molecule has 6 aromatic rings. The molecule has 2 aliphatic rings. The molecule has 2 heterocycles. The molecule has 312 valence electrons. The molecule has 0 aromatic heterocycles. The predicted molar refractivity (Wildman–Crippen MR) is 225 cm³/mol. The van der Waals surface area contributed by atoms with Crippen LogP contribution in [0.3, 0.4) is 0 Å². The Labute approximate surface area is 361 Å². The van der Waals surface area contributed by atoms with Crippen LogP contribution in [0.5, 0.6) is 34.5 Å². The van der Waals surface area contributed by atoms with Crippen LogP contribution in [0.4, 0.5) is 22.7 Å². The van der Waals surface area contributed by atoms with Crippen LogP contribution < -0.4 is 84.6 Å². The van der Waals surface area contributed by atoms with Gasteiger partial charge in [0.1, 0.15) is 45.9 Å². The highest BCUT2D eigenvalue weighted by Crippen LogP contribution is 2.28. The van der Waals surface area contributed by atoms with Gasteiger partial charge in [-0.1, -0.05) is 10.2 Å². The van der Waals surface area contributed by atoms with E-state index in [2.05, 4.69) is 0 Å². The van der Waals surface area contributed by atoms with Crippen LogP contribution in [0, 0.1) is 0 Å². The first-order valence-electron chi connectivity index (χ1n) is 18.3. The third-order valence-corrected chi connectivity index (χ3v) is 9.35. The maximum Gasteiger partial charge on any atom is 0.277 e. The van der Waals surface area contributed by atoms with E-state index in [-0.39, 0.29) is 24.8 Å². The van der Waals surface area contributed by atoms with Crippen molar-refractivity contribution in [2.45, 2.75) is 0 Å². The Balaban J connectivity index is 0.000000220. The van der Waals surface area contributed by atoms with Crippen molar-refractivity contribution in [3.8, 4) is 34.5 Å². The van der Waals surface area contributed by atoms with E-state index in [0.29, 0.717) is 0 Å². The van der Waals surface area contributed by atoms with Gasteiger partial charge in [-0.2, -0.15) is 10.9 Å². The lowest BCUT2D eigenvalue weighted by Gasteiger charge is -2.24. The number of hydrazone groups is 2. The second kappa shape index (κ2) is 20.7. The molecule has 0 spiro atoms. The molecule has 0 unspecified atom stereocenters. The van der Waals surface area contributed by atoms with Gasteiger partial charge < -0.3 is 53.2 Å². The monoisotopic (exact) mass is 852 g/mol. The summed E-state index contributed by atoms with van der Waals surface area (Å²) in [6.07, 6.45) is 0. The van der Waals surface area contributed by atoms with Crippen molar-refractivity contribution in [2.75, 3.05) is 63.1 Å². The number of ether oxygens (including phenoxy) is 6.